The van der Waals surface area contributed by atoms with E-state index in [1.807, 2.05) is 0 Å². The largest absolute Gasteiger partial charge is 1.00 e. The average Bonchev–Trinajstić information content (AvgIpc) is 2.97. The van der Waals surface area contributed by atoms with Crippen LogP contribution in [0.15, 0.2) is 93.1 Å². The molecule has 0 spiro atoms. The fourth-order valence-electron chi connectivity index (χ4n) is 5.14. The first kappa shape index (κ1) is 43.8. The Hall–Kier alpha value is -2.32. The van der Waals surface area contributed by atoms with E-state index in [1.54, 1.807) is 72.4 Å². The zero-order valence-corrected chi connectivity index (χ0v) is 35.3. The molecule has 0 atom stereocenters. The molecule has 0 aromatic heterocycles. The molecule has 0 unspecified atom stereocenters. The van der Waals surface area contributed by atoms with Crippen LogP contribution in [-0.4, -0.2) is 84.0 Å². The van der Waals surface area contributed by atoms with Crippen LogP contribution in [0.2, 0.25) is 0 Å². The van der Waals surface area contributed by atoms with Crippen molar-refractivity contribution in [2.45, 2.75) is 23.6 Å². The van der Waals surface area contributed by atoms with Gasteiger partial charge in [0.2, 0.25) is 5.71 Å². The number of benzene rings is 3. The van der Waals surface area contributed by atoms with Crippen LogP contribution in [0.5, 0.6) is 5.75 Å². The minimum Gasteiger partial charge on any atom is -0.744 e. The molecule has 0 aliphatic heterocycles. The van der Waals surface area contributed by atoms with Crippen LogP contribution in [0.3, 0.4) is 0 Å². The smallest absolute Gasteiger partial charge is 0.744 e. The Morgan fingerprint density at radius 1 is 0.880 bits per heavy atom. The van der Waals surface area contributed by atoms with Crippen LogP contribution in [0, 0.1) is 6.92 Å². The Labute approximate surface area is 337 Å². The fraction of sp³-hybridized carbons (Fsp3) is 0.219. The van der Waals surface area contributed by atoms with Crippen molar-refractivity contribution in [3.63, 3.8) is 0 Å². The van der Waals surface area contributed by atoms with Crippen molar-refractivity contribution in [3.05, 3.63) is 100.0 Å². The third-order valence-electron chi connectivity index (χ3n) is 7.24. The Morgan fingerprint density at radius 2 is 1.52 bits per heavy atom. The number of nitrogens with one attached hydrogen (secondary N) is 1. The zero-order valence-electron chi connectivity index (χ0n) is 28.9. The molecule has 0 radical (unpaired) electrons. The molecule has 0 amide bonds. The van der Waals surface area contributed by atoms with E-state index in [0.29, 0.717) is 16.8 Å². The number of anilines is 3. The van der Waals surface area contributed by atoms with E-state index < -0.39 is 45.1 Å². The quantitative estimate of drug-likeness (QED) is 0.130. The predicted octanol–water partition coefficient (Wildman–Crippen LogP) is -2.12. The first-order valence-electron chi connectivity index (χ1n) is 14.3. The number of allylic oxidation sites excluding steroid dienone is 5. The van der Waals surface area contributed by atoms with Crippen LogP contribution < -0.4 is 74.1 Å². The number of nitrogens with zero attached hydrogens (tertiary/aromatic N) is 2. The van der Waals surface area contributed by atoms with Gasteiger partial charge in [0.15, 0.2) is 4.91 Å². The van der Waals surface area contributed by atoms with Crippen molar-refractivity contribution < 1.29 is 107 Å². The summed E-state index contributed by atoms with van der Waals surface area (Å²) < 4.78 is 116. The van der Waals surface area contributed by atoms with Gasteiger partial charge in [-0.25, -0.2) is 21.4 Å². The second-order valence-corrected chi connectivity index (χ2v) is 15.3. The van der Waals surface area contributed by atoms with Gasteiger partial charge in [0.25, 0.3) is 0 Å². The van der Waals surface area contributed by atoms with E-state index in [2.05, 4.69) is 5.32 Å². The average molecular weight is 763 g/mol. The molecule has 0 saturated carbocycles. The molecule has 1 aliphatic carbocycles. The summed E-state index contributed by atoms with van der Waals surface area (Å²) in [4.78, 5) is 0.0580. The molecule has 256 valence electrons. The van der Waals surface area contributed by atoms with Gasteiger partial charge < -0.3 is 24.1 Å². The SMILES string of the molecule is CCOc1cc(Nc2ccc(C)cc2S(=O)(=O)[O-])ccc1C(=C1C=CC(=[N+](C)C)C(S(=O)(=O)O)=C1)c1ccc(N(C)C)c(S(=O)(=O)[O-])c1.[Na+].[Na+]. The number of hydrogen-bond donors (Lipinski definition) is 2. The van der Waals surface area contributed by atoms with Crippen LogP contribution in [0.4, 0.5) is 17.1 Å². The maximum atomic E-state index is 12.5. The van der Waals surface area contributed by atoms with Crippen molar-refractivity contribution in [1.82, 2.24) is 0 Å². The van der Waals surface area contributed by atoms with E-state index in [0.717, 1.165) is 0 Å². The first-order valence-corrected chi connectivity index (χ1v) is 18.5. The molecule has 3 aromatic carbocycles. The topological polar surface area (TPSA) is 196 Å². The van der Waals surface area contributed by atoms with Crippen molar-refractivity contribution in [1.29, 1.82) is 0 Å². The van der Waals surface area contributed by atoms with Crippen molar-refractivity contribution >= 4 is 58.7 Å². The summed E-state index contributed by atoms with van der Waals surface area (Å²) >= 11 is 0. The van der Waals surface area contributed by atoms with Crippen LogP contribution >= 0.6 is 0 Å². The molecule has 0 saturated heterocycles. The third-order valence-corrected chi connectivity index (χ3v) is 9.87. The van der Waals surface area contributed by atoms with Crippen molar-refractivity contribution in [3.8, 4) is 5.75 Å². The fourth-order valence-corrected chi connectivity index (χ4v) is 7.43. The van der Waals surface area contributed by atoms with Gasteiger partial charge in [-0.15, -0.1) is 0 Å². The van der Waals surface area contributed by atoms with E-state index in [9.17, 15) is 38.9 Å². The Balaban J connectivity index is 0.00000433. The second kappa shape index (κ2) is 17.0. The normalized spacial score (nSPS) is 14.2. The molecule has 50 heavy (non-hydrogen) atoms. The standard InChI is InChI=1S/C32H35N3O10S3.2Na/c1-7-45-28-19-23(33-25-13-8-20(2)16-29(25)46(36,37)38)11-12-24(28)32(21-9-14-26(34(3)4)30(17-21)47(39,40)41)22-10-15-27(35(5)6)31(18-22)48(42,43)44;;/h8-19H,7H2,1-6H3,(H3,36,37,38,39,40,41,42,43,44);;/q;2*+1/p-1. The molecule has 13 nitrogen and oxygen atoms in total. The molecular weight excluding hydrogens is 729 g/mol. The number of rotatable bonds is 10. The van der Waals surface area contributed by atoms with Gasteiger partial charge in [0, 0.05) is 37.5 Å². The van der Waals surface area contributed by atoms with E-state index in [-0.39, 0.29) is 105 Å². The Kier molecular flexibility index (Phi) is 14.9. The molecule has 18 heteroatoms. The zero-order chi connectivity index (χ0) is 35.8. The Bertz CT molecular complexity index is 2260. The molecule has 3 aromatic rings. The van der Waals surface area contributed by atoms with Gasteiger partial charge in [-0.2, -0.15) is 8.42 Å². The summed E-state index contributed by atoms with van der Waals surface area (Å²) in [5.74, 6) is 0.199. The molecule has 4 rings (SSSR count). The molecule has 0 bridgehead atoms. The summed E-state index contributed by atoms with van der Waals surface area (Å²) in [6.07, 6.45) is 4.27. The van der Waals surface area contributed by atoms with Crippen LogP contribution in [0.25, 0.3) is 5.57 Å². The van der Waals surface area contributed by atoms with E-state index in [4.69, 9.17) is 4.74 Å². The summed E-state index contributed by atoms with van der Waals surface area (Å²) in [7, 11) is -8.25. The van der Waals surface area contributed by atoms with Gasteiger partial charge in [-0.1, -0.05) is 12.1 Å². The van der Waals surface area contributed by atoms with Gasteiger partial charge in [-0.05, 0) is 84.7 Å². The van der Waals surface area contributed by atoms with E-state index in [1.165, 1.54) is 52.0 Å². The van der Waals surface area contributed by atoms with Crippen LogP contribution in [-0.2, 0) is 30.4 Å². The Morgan fingerprint density at radius 3 is 2.06 bits per heavy atom. The van der Waals surface area contributed by atoms with Gasteiger partial charge in [-0.3, -0.25) is 4.55 Å². The number of hydrogen-bond acceptors (Lipinski definition) is 11. The molecule has 2 N–H and O–H groups in total. The van der Waals surface area contributed by atoms with Gasteiger partial charge >= 0.3 is 69.2 Å². The van der Waals surface area contributed by atoms with Gasteiger partial charge in [0.05, 0.1) is 27.8 Å². The number of aryl methyl sites for hydroxylation is 1. The van der Waals surface area contributed by atoms with Gasteiger partial charge in [0.1, 0.15) is 40.1 Å². The molecule has 0 heterocycles. The van der Waals surface area contributed by atoms with Crippen molar-refractivity contribution in [2.75, 3.05) is 45.0 Å². The minimum atomic E-state index is -4.99. The summed E-state index contributed by atoms with van der Waals surface area (Å²) in [5.41, 5.74) is 2.21. The van der Waals surface area contributed by atoms with E-state index >= 15 is 0 Å². The number of ether oxygens (including phenoxy) is 1. The second-order valence-electron chi connectivity index (χ2n) is 11.2. The molecular formula is C32H34N3Na2O10S3+. The van der Waals surface area contributed by atoms with Crippen molar-refractivity contribution in [2.24, 2.45) is 0 Å². The summed E-state index contributed by atoms with van der Waals surface area (Å²) in [5, 5.41) is 2.94. The molecule has 0 fully saturated rings. The maximum absolute atomic E-state index is 12.5. The molecule has 1 aliphatic rings. The minimum absolute atomic E-state index is 0. The summed E-state index contributed by atoms with van der Waals surface area (Å²) in [6.45, 7) is 3.50. The third kappa shape index (κ3) is 10.2. The predicted molar refractivity (Wildman–Crippen MR) is 181 cm³/mol. The van der Waals surface area contributed by atoms with Crippen LogP contribution in [0.1, 0.15) is 23.6 Å². The first-order chi connectivity index (χ1) is 22.2. The monoisotopic (exact) mass is 762 g/mol. The summed E-state index contributed by atoms with van der Waals surface area (Å²) in [6, 6.07) is 13.2. The maximum Gasteiger partial charge on any atom is 1.00 e.